The Kier molecular flexibility index (Phi) is 5.00. The number of likely N-dealkylation sites (N-methyl/N-ethyl adjacent to an activating group) is 1. The van der Waals surface area contributed by atoms with E-state index in [0.29, 0.717) is 23.1 Å². The van der Waals surface area contributed by atoms with Gasteiger partial charge in [0.2, 0.25) is 0 Å². The van der Waals surface area contributed by atoms with Crippen LogP contribution in [0.3, 0.4) is 0 Å². The first-order chi connectivity index (χ1) is 14.9. The number of fused-ring (bicyclic) bond motifs is 4. The number of likely N-dealkylation sites (tertiary alicyclic amines) is 1. The number of aryl methyl sites for hydroxylation is 2. The van der Waals surface area contributed by atoms with Crippen molar-refractivity contribution in [3.63, 3.8) is 0 Å². The van der Waals surface area contributed by atoms with E-state index in [4.69, 9.17) is 10.5 Å². The highest BCUT2D eigenvalue weighted by Gasteiger charge is 2.44. The van der Waals surface area contributed by atoms with E-state index in [1.807, 2.05) is 17.9 Å². The number of ether oxygens (including phenoxy) is 1. The van der Waals surface area contributed by atoms with Crippen molar-refractivity contribution in [3.05, 3.63) is 51.5 Å². The van der Waals surface area contributed by atoms with Crippen LogP contribution in [0.5, 0.6) is 0 Å². The molecule has 1 aromatic carbocycles. The Morgan fingerprint density at radius 1 is 1.32 bits per heavy atom. The van der Waals surface area contributed by atoms with Crippen LogP contribution >= 0.6 is 11.3 Å². The highest BCUT2D eigenvalue weighted by atomic mass is 32.1. The summed E-state index contributed by atoms with van der Waals surface area (Å²) in [6, 6.07) is 8.59. The number of benzene rings is 1. The summed E-state index contributed by atoms with van der Waals surface area (Å²) in [6.45, 7) is 6.46. The predicted molar refractivity (Wildman–Crippen MR) is 126 cm³/mol. The maximum absolute atomic E-state index is 14.0. The van der Waals surface area contributed by atoms with Crippen LogP contribution in [0, 0.1) is 13.8 Å². The molecule has 6 nitrogen and oxygen atoms in total. The molecule has 1 amide bonds. The molecule has 0 saturated carbocycles. The minimum atomic E-state index is -0.0105. The van der Waals surface area contributed by atoms with Gasteiger partial charge in [-0.2, -0.15) is 0 Å². The molecule has 4 heterocycles. The van der Waals surface area contributed by atoms with E-state index in [1.54, 1.807) is 7.11 Å². The molecule has 0 unspecified atom stereocenters. The first-order valence-corrected chi connectivity index (χ1v) is 11.5. The second-order valence-electron chi connectivity index (χ2n) is 8.84. The zero-order valence-electron chi connectivity index (χ0n) is 18.4. The molecule has 2 aliphatic heterocycles. The Morgan fingerprint density at radius 2 is 2.13 bits per heavy atom. The number of methoxy groups -OCH3 is 1. The number of nitrogen functional groups attached to an aromatic ring is 1. The van der Waals surface area contributed by atoms with Gasteiger partial charge in [-0.15, -0.1) is 11.3 Å². The number of rotatable bonds is 3. The highest BCUT2D eigenvalue weighted by Crippen LogP contribution is 2.47. The van der Waals surface area contributed by atoms with Gasteiger partial charge in [-0.1, -0.05) is 17.7 Å². The Bertz CT molecular complexity index is 1190. The minimum Gasteiger partial charge on any atom is -0.397 e. The molecular formula is C24H28N4O2S. The van der Waals surface area contributed by atoms with Gasteiger partial charge in [-0.25, -0.2) is 4.98 Å². The van der Waals surface area contributed by atoms with Gasteiger partial charge in [0.15, 0.2) is 0 Å². The Labute approximate surface area is 186 Å². The van der Waals surface area contributed by atoms with E-state index in [-0.39, 0.29) is 11.9 Å². The van der Waals surface area contributed by atoms with Crippen molar-refractivity contribution >= 4 is 38.8 Å². The Balaban J connectivity index is 1.63. The first-order valence-electron chi connectivity index (χ1n) is 10.7. The van der Waals surface area contributed by atoms with Gasteiger partial charge in [0.25, 0.3) is 5.91 Å². The molecule has 31 heavy (non-hydrogen) atoms. The molecule has 1 fully saturated rings. The number of thiophene rings is 1. The third-order valence-corrected chi connectivity index (χ3v) is 7.66. The molecule has 0 bridgehead atoms. The van der Waals surface area contributed by atoms with Crippen LogP contribution in [0.2, 0.25) is 0 Å². The van der Waals surface area contributed by atoms with Crippen LogP contribution in [-0.2, 0) is 11.3 Å². The first kappa shape index (κ1) is 20.4. The molecule has 162 valence electrons. The normalized spacial score (nSPS) is 20.8. The number of nitrogens with zero attached hydrogens (tertiary/aromatic N) is 3. The summed E-state index contributed by atoms with van der Waals surface area (Å²) in [4.78, 5) is 24.4. The SMILES string of the molecule is COCc1cc(C)nc2sc(C(=O)N3c4ccc(C)cc4[C@H]4CN(C)CC[C@@H]43)c(N)c12. The van der Waals surface area contributed by atoms with Gasteiger partial charge in [-0.3, -0.25) is 4.79 Å². The number of pyridine rings is 1. The van der Waals surface area contributed by atoms with E-state index in [1.165, 1.54) is 22.5 Å². The number of carbonyl (C=O) groups is 1. The second-order valence-corrected chi connectivity index (χ2v) is 9.84. The van der Waals surface area contributed by atoms with Crippen LogP contribution in [-0.4, -0.2) is 49.1 Å². The molecule has 5 rings (SSSR count). The number of amides is 1. The summed E-state index contributed by atoms with van der Waals surface area (Å²) in [7, 11) is 3.82. The van der Waals surface area contributed by atoms with Crippen molar-refractivity contribution < 1.29 is 9.53 Å². The van der Waals surface area contributed by atoms with E-state index in [9.17, 15) is 4.79 Å². The minimum absolute atomic E-state index is 0.0105. The maximum atomic E-state index is 14.0. The lowest BCUT2D eigenvalue weighted by Crippen LogP contribution is -2.47. The Hall–Kier alpha value is -2.48. The fraction of sp³-hybridized carbons (Fsp3) is 0.417. The van der Waals surface area contributed by atoms with Crippen molar-refractivity contribution in [1.29, 1.82) is 0 Å². The molecular weight excluding hydrogens is 408 g/mol. The molecule has 7 heteroatoms. The maximum Gasteiger partial charge on any atom is 0.270 e. The summed E-state index contributed by atoms with van der Waals surface area (Å²) in [5.74, 6) is 0.321. The summed E-state index contributed by atoms with van der Waals surface area (Å²) < 4.78 is 5.38. The number of hydrogen-bond acceptors (Lipinski definition) is 6. The van der Waals surface area contributed by atoms with Gasteiger partial charge in [0.05, 0.1) is 12.3 Å². The standard InChI is InChI=1S/C24H28N4O2S/c1-13-5-6-18-16(9-13)17-11-27(3)8-7-19(17)28(18)24(29)22-21(25)20-15(12-30-4)10-14(2)26-23(20)31-22/h5-6,9-10,17,19H,7-8,11-12,25H2,1-4H3/t17-,19+/m1/s1. The molecule has 0 aliphatic carbocycles. The van der Waals surface area contributed by atoms with Crippen molar-refractivity contribution in [1.82, 2.24) is 9.88 Å². The molecule has 3 aromatic rings. The largest absolute Gasteiger partial charge is 0.397 e. The number of carbonyl (C=O) groups excluding carboxylic acids is 1. The van der Waals surface area contributed by atoms with E-state index < -0.39 is 0 Å². The number of hydrogen-bond donors (Lipinski definition) is 1. The average molecular weight is 437 g/mol. The van der Waals surface area contributed by atoms with Crippen molar-refractivity contribution in [2.75, 3.05) is 37.9 Å². The van der Waals surface area contributed by atoms with E-state index in [0.717, 1.165) is 46.7 Å². The third-order valence-electron chi connectivity index (χ3n) is 6.57. The molecule has 2 aliphatic rings. The average Bonchev–Trinajstić information content (AvgIpc) is 3.22. The summed E-state index contributed by atoms with van der Waals surface area (Å²) in [5.41, 5.74) is 12.5. The van der Waals surface area contributed by atoms with Gasteiger partial charge in [-0.05, 0) is 57.1 Å². The molecule has 2 atom stereocenters. The zero-order valence-corrected chi connectivity index (χ0v) is 19.3. The van der Waals surface area contributed by atoms with Crippen molar-refractivity contribution in [2.24, 2.45) is 0 Å². The lowest BCUT2D eigenvalue weighted by atomic mass is 9.89. The molecule has 2 aromatic heterocycles. The smallest absolute Gasteiger partial charge is 0.270 e. The monoisotopic (exact) mass is 436 g/mol. The topological polar surface area (TPSA) is 71.7 Å². The van der Waals surface area contributed by atoms with Crippen LogP contribution in [0.4, 0.5) is 11.4 Å². The lowest BCUT2D eigenvalue weighted by molar-refractivity contribution is 0.0969. The summed E-state index contributed by atoms with van der Waals surface area (Å²) in [6.07, 6.45) is 0.956. The van der Waals surface area contributed by atoms with E-state index >= 15 is 0 Å². The van der Waals surface area contributed by atoms with Crippen LogP contribution < -0.4 is 10.6 Å². The van der Waals surface area contributed by atoms with Gasteiger partial charge in [0.1, 0.15) is 9.71 Å². The molecule has 1 saturated heterocycles. The molecule has 0 spiro atoms. The highest BCUT2D eigenvalue weighted by molar-refractivity contribution is 7.21. The van der Waals surface area contributed by atoms with Gasteiger partial charge < -0.3 is 20.3 Å². The van der Waals surface area contributed by atoms with Crippen LogP contribution in [0.1, 0.15) is 44.4 Å². The zero-order chi connectivity index (χ0) is 21.9. The third kappa shape index (κ3) is 3.23. The predicted octanol–water partition coefficient (Wildman–Crippen LogP) is 4.09. The van der Waals surface area contributed by atoms with Gasteiger partial charge in [0, 0.05) is 42.4 Å². The number of aromatic nitrogens is 1. The number of piperidine rings is 1. The summed E-state index contributed by atoms with van der Waals surface area (Å²) >= 11 is 1.40. The second kappa shape index (κ2) is 7.58. The number of anilines is 2. The van der Waals surface area contributed by atoms with Crippen molar-refractivity contribution in [3.8, 4) is 0 Å². The lowest BCUT2D eigenvalue weighted by Gasteiger charge is -2.36. The quantitative estimate of drug-likeness (QED) is 0.670. The molecule has 0 radical (unpaired) electrons. The fourth-order valence-corrected chi connectivity index (χ4v) is 6.34. The summed E-state index contributed by atoms with van der Waals surface area (Å²) in [5, 5.41) is 0.851. The van der Waals surface area contributed by atoms with Crippen LogP contribution in [0.15, 0.2) is 24.3 Å². The number of nitrogens with two attached hydrogens (primary N) is 1. The van der Waals surface area contributed by atoms with E-state index in [2.05, 4.69) is 42.1 Å². The fourth-order valence-electron chi connectivity index (χ4n) is 5.22. The van der Waals surface area contributed by atoms with Crippen molar-refractivity contribution in [2.45, 2.75) is 38.8 Å². The van der Waals surface area contributed by atoms with Gasteiger partial charge >= 0.3 is 0 Å². The van der Waals surface area contributed by atoms with Crippen LogP contribution in [0.25, 0.3) is 10.2 Å². The molecule has 2 N–H and O–H groups in total. The Morgan fingerprint density at radius 3 is 2.90 bits per heavy atom.